The second-order valence-corrected chi connectivity index (χ2v) is 4.88. The van der Waals surface area contributed by atoms with Gasteiger partial charge in [-0.1, -0.05) is 15.9 Å². The molecule has 0 aliphatic carbocycles. The van der Waals surface area contributed by atoms with E-state index in [1.54, 1.807) is 0 Å². The van der Waals surface area contributed by atoms with Crippen molar-refractivity contribution in [3.05, 3.63) is 52.3 Å². The summed E-state index contributed by atoms with van der Waals surface area (Å²) in [7, 11) is 0. The van der Waals surface area contributed by atoms with Crippen molar-refractivity contribution in [2.75, 3.05) is 5.73 Å². The molecule has 0 saturated heterocycles. The third-order valence-corrected chi connectivity index (χ3v) is 2.83. The van der Waals surface area contributed by atoms with E-state index in [0.717, 1.165) is 18.2 Å². The number of hydrogen-bond donors (Lipinski definition) is 1. The van der Waals surface area contributed by atoms with Gasteiger partial charge in [-0.2, -0.15) is 13.2 Å². The van der Waals surface area contributed by atoms with Crippen LogP contribution in [0.5, 0.6) is 11.5 Å². The highest BCUT2D eigenvalue weighted by Gasteiger charge is 2.34. The lowest BCUT2D eigenvalue weighted by Gasteiger charge is -2.14. The first-order valence-electron chi connectivity index (χ1n) is 5.36. The Labute approximate surface area is 120 Å². The molecule has 0 spiro atoms. The Morgan fingerprint density at radius 2 is 1.75 bits per heavy atom. The van der Waals surface area contributed by atoms with Crippen LogP contribution in [0.4, 0.5) is 23.2 Å². The topological polar surface area (TPSA) is 35.2 Å². The fraction of sp³-hybridized carbons (Fsp3) is 0.0769. The number of nitrogen functional groups attached to an aromatic ring is 1. The predicted molar refractivity (Wildman–Crippen MR) is 70.0 cm³/mol. The molecule has 2 N–H and O–H groups in total. The van der Waals surface area contributed by atoms with Crippen LogP contribution >= 0.6 is 15.9 Å². The van der Waals surface area contributed by atoms with Crippen LogP contribution in [-0.4, -0.2) is 0 Å². The van der Waals surface area contributed by atoms with Crippen molar-refractivity contribution in [1.29, 1.82) is 0 Å². The van der Waals surface area contributed by atoms with Gasteiger partial charge in [0.05, 0.1) is 0 Å². The third kappa shape index (κ3) is 3.41. The van der Waals surface area contributed by atoms with Crippen molar-refractivity contribution in [3.63, 3.8) is 0 Å². The maximum atomic E-state index is 13.2. The molecular formula is C13H8BrF4NO. The highest BCUT2D eigenvalue weighted by Crippen LogP contribution is 2.39. The van der Waals surface area contributed by atoms with Gasteiger partial charge in [-0.05, 0) is 30.3 Å². The van der Waals surface area contributed by atoms with E-state index in [4.69, 9.17) is 10.5 Å². The maximum Gasteiger partial charge on any atom is 0.420 e. The lowest BCUT2D eigenvalue weighted by Crippen LogP contribution is -2.08. The molecule has 2 nitrogen and oxygen atoms in total. The molecule has 106 valence electrons. The van der Waals surface area contributed by atoms with Gasteiger partial charge in [0.1, 0.15) is 22.9 Å². The summed E-state index contributed by atoms with van der Waals surface area (Å²) in [6.45, 7) is 0. The van der Waals surface area contributed by atoms with Gasteiger partial charge < -0.3 is 10.5 Å². The number of rotatable bonds is 2. The molecule has 0 aromatic heterocycles. The summed E-state index contributed by atoms with van der Waals surface area (Å²) in [4.78, 5) is 0. The lowest BCUT2D eigenvalue weighted by atomic mass is 10.1. The summed E-state index contributed by atoms with van der Waals surface area (Å²) in [6, 6.07) is 6.65. The van der Waals surface area contributed by atoms with Crippen LogP contribution in [0.2, 0.25) is 0 Å². The van der Waals surface area contributed by atoms with Crippen molar-refractivity contribution in [3.8, 4) is 11.5 Å². The first-order valence-corrected chi connectivity index (χ1v) is 6.15. The number of benzene rings is 2. The van der Waals surface area contributed by atoms with E-state index in [1.165, 1.54) is 18.2 Å². The zero-order chi connectivity index (χ0) is 14.9. The summed E-state index contributed by atoms with van der Waals surface area (Å²) in [5.74, 6) is -1.12. The maximum absolute atomic E-state index is 13.2. The highest BCUT2D eigenvalue weighted by molar-refractivity contribution is 9.10. The zero-order valence-corrected chi connectivity index (χ0v) is 11.4. The molecule has 0 unspecified atom stereocenters. The number of ether oxygens (including phenoxy) is 1. The van der Waals surface area contributed by atoms with E-state index in [0.29, 0.717) is 4.47 Å². The molecule has 0 amide bonds. The fourth-order valence-corrected chi connectivity index (χ4v) is 2.02. The Balaban J connectivity index is 2.43. The van der Waals surface area contributed by atoms with Crippen LogP contribution in [0.1, 0.15) is 5.56 Å². The number of hydrogen-bond acceptors (Lipinski definition) is 2. The van der Waals surface area contributed by atoms with Crippen LogP contribution < -0.4 is 10.5 Å². The molecule has 0 fully saturated rings. The van der Waals surface area contributed by atoms with E-state index in [-0.39, 0.29) is 11.4 Å². The van der Waals surface area contributed by atoms with Crippen LogP contribution in [-0.2, 0) is 6.18 Å². The number of halogens is 5. The van der Waals surface area contributed by atoms with E-state index < -0.39 is 23.3 Å². The molecule has 20 heavy (non-hydrogen) atoms. The van der Waals surface area contributed by atoms with Gasteiger partial charge in [0.2, 0.25) is 0 Å². The normalized spacial score (nSPS) is 11.4. The molecule has 0 atom stereocenters. The molecule has 0 bridgehead atoms. The predicted octanol–water partition coefficient (Wildman–Crippen LogP) is 4.98. The lowest BCUT2D eigenvalue weighted by molar-refractivity contribution is -0.138. The second-order valence-electron chi connectivity index (χ2n) is 3.96. The van der Waals surface area contributed by atoms with Gasteiger partial charge in [-0.3, -0.25) is 0 Å². The molecule has 0 aliphatic rings. The van der Waals surface area contributed by atoms with Crippen LogP contribution in [0.25, 0.3) is 0 Å². The molecule has 0 heterocycles. The molecule has 0 aliphatic heterocycles. The Bertz CT molecular complexity index is 623. The Morgan fingerprint density at radius 1 is 1.05 bits per heavy atom. The van der Waals surface area contributed by atoms with Crippen LogP contribution in [0.3, 0.4) is 0 Å². The van der Waals surface area contributed by atoms with Gasteiger partial charge >= 0.3 is 6.18 Å². The van der Waals surface area contributed by atoms with E-state index >= 15 is 0 Å². The standard InChI is InChI=1S/C13H8BrF4NO/c14-7-3-8(15)5-10(4-7)20-12-2-1-9(19)6-11(12)13(16,17)18/h1-6H,19H2. The minimum atomic E-state index is -4.62. The minimum absolute atomic E-state index is 0.0369. The summed E-state index contributed by atoms with van der Waals surface area (Å²) < 4.78 is 57.3. The summed E-state index contributed by atoms with van der Waals surface area (Å²) in [5, 5.41) is 0. The molecule has 7 heteroatoms. The third-order valence-electron chi connectivity index (χ3n) is 2.37. The molecule has 0 radical (unpaired) electrons. The first kappa shape index (κ1) is 14.6. The molecule has 2 rings (SSSR count). The zero-order valence-electron chi connectivity index (χ0n) is 9.84. The van der Waals surface area contributed by atoms with Crippen molar-refractivity contribution < 1.29 is 22.3 Å². The van der Waals surface area contributed by atoms with Crippen molar-refractivity contribution in [1.82, 2.24) is 0 Å². The fourth-order valence-electron chi connectivity index (χ4n) is 1.57. The molecular weight excluding hydrogens is 342 g/mol. The monoisotopic (exact) mass is 349 g/mol. The largest absolute Gasteiger partial charge is 0.457 e. The summed E-state index contributed by atoms with van der Waals surface area (Å²) >= 11 is 3.03. The molecule has 2 aromatic carbocycles. The summed E-state index contributed by atoms with van der Waals surface area (Å²) in [5.41, 5.74) is 4.29. The second kappa shape index (κ2) is 5.32. The van der Waals surface area contributed by atoms with Gasteiger partial charge in [0.25, 0.3) is 0 Å². The Hall–Kier alpha value is -1.76. The van der Waals surface area contributed by atoms with E-state index in [9.17, 15) is 17.6 Å². The average molecular weight is 350 g/mol. The molecule has 0 saturated carbocycles. The van der Waals surface area contributed by atoms with Gasteiger partial charge in [-0.25, -0.2) is 4.39 Å². The van der Waals surface area contributed by atoms with Crippen molar-refractivity contribution in [2.24, 2.45) is 0 Å². The SMILES string of the molecule is Nc1ccc(Oc2cc(F)cc(Br)c2)c(C(F)(F)F)c1. The highest BCUT2D eigenvalue weighted by atomic mass is 79.9. The van der Waals surface area contributed by atoms with Crippen LogP contribution in [0.15, 0.2) is 40.9 Å². The van der Waals surface area contributed by atoms with Crippen molar-refractivity contribution in [2.45, 2.75) is 6.18 Å². The number of anilines is 1. The van der Waals surface area contributed by atoms with E-state index in [2.05, 4.69) is 15.9 Å². The Morgan fingerprint density at radius 3 is 2.35 bits per heavy atom. The smallest absolute Gasteiger partial charge is 0.420 e. The van der Waals surface area contributed by atoms with Gasteiger partial charge in [0, 0.05) is 16.2 Å². The summed E-state index contributed by atoms with van der Waals surface area (Å²) in [6.07, 6.45) is -4.62. The van der Waals surface area contributed by atoms with Crippen molar-refractivity contribution >= 4 is 21.6 Å². The van der Waals surface area contributed by atoms with Gasteiger partial charge in [0.15, 0.2) is 0 Å². The quantitative estimate of drug-likeness (QED) is 0.612. The average Bonchev–Trinajstić information content (AvgIpc) is 2.28. The Kier molecular flexibility index (Phi) is 3.89. The number of nitrogens with two attached hydrogens (primary N) is 1. The minimum Gasteiger partial charge on any atom is -0.457 e. The van der Waals surface area contributed by atoms with E-state index in [1.807, 2.05) is 0 Å². The number of alkyl halides is 3. The van der Waals surface area contributed by atoms with Gasteiger partial charge in [-0.15, -0.1) is 0 Å². The molecule has 2 aromatic rings. The first-order chi connectivity index (χ1) is 9.25. The van der Waals surface area contributed by atoms with Crippen LogP contribution in [0, 0.1) is 5.82 Å².